The highest BCUT2D eigenvalue weighted by Crippen LogP contribution is 2.38. The molecular weight excluding hydrogens is 248 g/mol. The molecule has 0 radical (unpaired) electrons. The molecule has 1 aliphatic heterocycles. The maximum atomic E-state index is 12.7. The highest BCUT2D eigenvalue weighted by Gasteiger charge is 2.42. The van der Waals surface area contributed by atoms with Gasteiger partial charge >= 0.3 is 0 Å². The van der Waals surface area contributed by atoms with E-state index in [1.54, 1.807) is 0 Å². The van der Waals surface area contributed by atoms with Crippen LogP contribution in [-0.4, -0.2) is 29.6 Å². The number of rotatable bonds is 5. The summed E-state index contributed by atoms with van der Waals surface area (Å²) in [5.41, 5.74) is 0.337. The zero-order valence-corrected chi connectivity index (χ0v) is 13.7. The van der Waals surface area contributed by atoms with E-state index in [1.807, 2.05) is 0 Å². The third-order valence-corrected chi connectivity index (χ3v) is 5.11. The lowest BCUT2D eigenvalue weighted by molar-refractivity contribution is -0.132. The molecule has 1 aliphatic carbocycles. The van der Waals surface area contributed by atoms with Gasteiger partial charge in [0.25, 0.3) is 0 Å². The quantitative estimate of drug-likeness (QED) is 0.835. The molecule has 1 saturated carbocycles. The number of hydrogen-bond donors (Lipinski definition) is 1. The Morgan fingerprint density at radius 2 is 1.95 bits per heavy atom. The summed E-state index contributed by atoms with van der Waals surface area (Å²) in [6.45, 7) is 9.92. The SMILES string of the molecule is CCCC1NC(C(C)C)N(CC2(C)CCCCC2)C1=O. The van der Waals surface area contributed by atoms with Gasteiger partial charge in [-0.2, -0.15) is 0 Å². The number of hydrogen-bond acceptors (Lipinski definition) is 2. The van der Waals surface area contributed by atoms with Crippen molar-refractivity contribution in [2.24, 2.45) is 11.3 Å². The number of amides is 1. The van der Waals surface area contributed by atoms with E-state index in [1.165, 1.54) is 32.1 Å². The molecule has 1 saturated heterocycles. The monoisotopic (exact) mass is 280 g/mol. The van der Waals surface area contributed by atoms with Gasteiger partial charge in [-0.1, -0.05) is 53.4 Å². The summed E-state index contributed by atoms with van der Waals surface area (Å²) in [5, 5.41) is 3.57. The smallest absolute Gasteiger partial charge is 0.241 e. The predicted octanol–water partition coefficient (Wildman–Crippen LogP) is 3.54. The topological polar surface area (TPSA) is 32.3 Å². The van der Waals surface area contributed by atoms with E-state index in [0.717, 1.165) is 19.4 Å². The standard InChI is InChI=1S/C17H32N2O/c1-5-9-14-16(20)19(15(18-14)13(2)3)12-17(4)10-7-6-8-11-17/h13-15,18H,5-12H2,1-4H3. The molecule has 2 fully saturated rings. The number of nitrogens with zero attached hydrogens (tertiary/aromatic N) is 1. The summed E-state index contributed by atoms with van der Waals surface area (Å²) in [5.74, 6) is 0.824. The van der Waals surface area contributed by atoms with Crippen molar-refractivity contribution in [1.29, 1.82) is 0 Å². The molecule has 1 N–H and O–H groups in total. The first-order chi connectivity index (χ1) is 9.47. The third-order valence-electron chi connectivity index (χ3n) is 5.11. The second-order valence-electron chi connectivity index (χ2n) is 7.53. The van der Waals surface area contributed by atoms with E-state index in [2.05, 4.69) is 37.9 Å². The van der Waals surface area contributed by atoms with Crippen molar-refractivity contribution in [3.8, 4) is 0 Å². The molecule has 0 aromatic rings. The van der Waals surface area contributed by atoms with Gasteiger partial charge in [-0.3, -0.25) is 10.1 Å². The van der Waals surface area contributed by atoms with Crippen LogP contribution in [0.3, 0.4) is 0 Å². The molecule has 0 aromatic carbocycles. The molecule has 2 unspecified atom stereocenters. The Kier molecular flexibility index (Phi) is 5.11. The van der Waals surface area contributed by atoms with Gasteiger partial charge in [-0.05, 0) is 30.6 Å². The third kappa shape index (κ3) is 3.36. The molecule has 0 bridgehead atoms. The minimum atomic E-state index is 0.0552. The lowest BCUT2D eigenvalue weighted by Crippen LogP contribution is -2.46. The zero-order chi connectivity index (χ0) is 14.8. The first-order valence-electron chi connectivity index (χ1n) is 8.53. The summed E-state index contributed by atoms with van der Waals surface area (Å²) in [4.78, 5) is 14.9. The molecule has 2 rings (SSSR count). The van der Waals surface area contributed by atoms with Crippen LogP contribution in [0.25, 0.3) is 0 Å². The Balaban J connectivity index is 2.08. The lowest BCUT2D eigenvalue weighted by Gasteiger charge is -2.39. The van der Waals surface area contributed by atoms with Crippen LogP contribution in [0.1, 0.15) is 72.6 Å². The van der Waals surface area contributed by atoms with Crippen molar-refractivity contribution in [2.45, 2.75) is 84.8 Å². The van der Waals surface area contributed by atoms with Gasteiger partial charge in [0.2, 0.25) is 5.91 Å². The number of nitrogens with one attached hydrogen (secondary N) is 1. The summed E-state index contributed by atoms with van der Waals surface area (Å²) in [7, 11) is 0. The minimum Gasteiger partial charge on any atom is -0.325 e. The van der Waals surface area contributed by atoms with E-state index in [4.69, 9.17) is 0 Å². The number of carbonyl (C=O) groups excluding carboxylic acids is 1. The van der Waals surface area contributed by atoms with Gasteiger partial charge in [-0.25, -0.2) is 0 Å². The van der Waals surface area contributed by atoms with Gasteiger partial charge < -0.3 is 4.90 Å². The zero-order valence-electron chi connectivity index (χ0n) is 13.7. The average molecular weight is 280 g/mol. The van der Waals surface area contributed by atoms with Crippen LogP contribution >= 0.6 is 0 Å². The molecule has 2 aliphatic rings. The minimum absolute atomic E-state index is 0.0552. The average Bonchev–Trinajstić information content (AvgIpc) is 2.69. The lowest BCUT2D eigenvalue weighted by atomic mass is 9.75. The van der Waals surface area contributed by atoms with Crippen molar-refractivity contribution in [3.05, 3.63) is 0 Å². The second-order valence-corrected chi connectivity index (χ2v) is 7.53. The normalized spacial score (nSPS) is 30.2. The largest absolute Gasteiger partial charge is 0.325 e. The van der Waals surface area contributed by atoms with Crippen molar-refractivity contribution in [2.75, 3.05) is 6.54 Å². The Hall–Kier alpha value is -0.570. The molecule has 20 heavy (non-hydrogen) atoms. The number of carbonyl (C=O) groups is 1. The van der Waals surface area contributed by atoms with Crippen molar-refractivity contribution in [1.82, 2.24) is 10.2 Å². The molecule has 0 spiro atoms. The Morgan fingerprint density at radius 1 is 1.30 bits per heavy atom. The van der Waals surface area contributed by atoms with E-state index >= 15 is 0 Å². The van der Waals surface area contributed by atoms with Crippen molar-refractivity contribution >= 4 is 5.91 Å². The first-order valence-corrected chi connectivity index (χ1v) is 8.53. The highest BCUT2D eigenvalue weighted by atomic mass is 16.2. The van der Waals surface area contributed by atoms with Crippen LogP contribution in [0.4, 0.5) is 0 Å². The fourth-order valence-corrected chi connectivity index (χ4v) is 3.90. The van der Waals surface area contributed by atoms with Gasteiger partial charge in [0.15, 0.2) is 0 Å². The second kappa shape index (κ2) is 6.46. The highest BCUT2D eigenvalue weighted by molar-refractivity contribution is 5.84. The summed E-state index contributed by atoms with van der Waals surface area (Å²) in [6.07, 6.45) is 8.86. The molecule has 2 atom stereocenters. The van der Waals surface area contributed by atoms with Gasteiger partial charge in [0.1, 0.15) is 0 Å². The Morgan fingerprint density at radius 3 is 2.50 bits per heavy atom. The molecular formula is C17H32N2O. The van der Waals surface area contributed by atoms with Crippen LogP contribution in [0.2, 0.25) is 0 Å². The van der Waals surface area contributed by atoms with E-state index in [9.17, 15) is 4.79 Å². The molecule has 3 heteroatoms. The van der Waals surface area contributed by atoms with Crippen LogP contribution in [-0.2, 0) is 4.79 Å². The van der Waals surface area contributed by atoms with Gasteiger partial charge in [0.05, 0.1) is 12.2 Å². The van der Waals surface area contributed by atoms with Gasteiger partial charge in [-0.15, -0.1) is 0 Å². The molecule has 3 nitrogen and oxygen atoms in total. The molecule has 1 amide bonds. The predicted molar refractivity (Wildman–Crippen MR) is 83.4 cm³/mol. The fraction of sp³-hybridized carbons (Fsp3) is 0.941. The van der Waals surface area contributed by atoms with Crippen molar-refractivity contribution < 1.29 is 4.79 Å². The van der Waals surface area contributed by atoms with Crippen LogP contribution in [0.5, 0.6) is 0 Å². The van der Waals surface area contributed by atoms with Crippen LogP contribution < -0.4 is 5.32 Å². The molecule has 0 aromatic heterocycles. The van der Waals surface area contributed by atoms with Crippen LogP contribution in [0.15, 0.2) is 0 Å². The molecule has 1 heterocycles. The maximum Gasteiger partial charge on any atom is 0.241 e. The summed E-state index contributed by atoms with van der Waals surface area (Å²) >= 11 is 0. The first kappa shape index (κ1) is 15.8. The van der Waals surface area contributed by atoms with Crippen LogP contribution in [0, 0.1) is 11.3 Å². The van der Waals surface area contributed by atoms with E-state index in [-0.39, 0.29) is 12.2 Å². The van der Waals surface area contributed by atoms with E-state index < -0.39 is 0 Å². The molecule has 116 valence electrons. The van der Waals surface area contributed by atoms with E-state index in [0.29, 0.717) is 17.2 Å². The fourth-order valence-electron chi connectivity index (χ4n) is 3.90. The Labute approximate surface area is 124 Å². The maximum absolute atomic E-state index is 12.7. The summed E-state index contributed by atoms with van der Waals surface area (Å²) in [6, 6.07) is 0.0552. The summed E-state index contributed by atoms with van der Waals surface area (Å²) < 4.78 is 0. The Bertz CT molecular complexity index is 334. The van der Waals surface area contributed by atoms with Crippen molar-refractivity contribution in [3.63, 3.8) is 0 Å². The van der Waals surface area contributed by atoms with Gasteiger partial charge in [0, 0.05) is 6.54 Å².